The molecule has 0 bridgehead atoms. The molecule has 0 unspecified atom stereocenters. The van der Waals surface area contributed by atoms with Gasteiger partial charge in [0.05, 0.1) is 18.3 Å². The largest absolute Gasteiger partial charge is 0.491 e. The average molecular weight is 405 g/mol. The minimum absolute atomic E-state index is 0.0820. The van der Waals surface area contributed by atoms with E-state index >= 15 is 0 Å². The Morgan fingerprint density at radius 2 is 1.83 bits per heavy atom. The van der Waals surface area contributed by atoms with Crippen molar-refractivity contribution in [1.82, 2.24) is 20.1 Å². The summed E-state index contributed by atoms with van der Waals surface area (Å²) >= 11 is 0. The normalized spacial score (nSPS) is 13.2. The summed E-state index contributed by atoms with van der Waals surface area (Å²) in [5.41, 5.74) is 5.44. The number of pyridine rings is 1. The van der Waals surface area contributed by atoms with Crippen molar-refractivity contribution >= 4 is 5.91 Å². The van der Waals surface area contributed by atoms with E-state index in [-0.39, 0.29) is 12.0 Å². The summed E-state index contributed by atoms with van der Waals surface area (Å²) in [6.45, 7) is 5.16. The maximum atomic E-state index is 12.5. The molecule has 0 atom stereocenters. The first-order chi connectivity index (χ1) is 14.6. The number of aromatic nitrogens is 3. The molecule has 4 rings (SSSR count). The number of carbonyl (C=O) groups is 1. The Morgan fingerprint density at radius 1 is 1.10 bits per heavy atom. The van der Waals surface area contributed by atoms with E-state index in [1.807, 2.05) is 38.1 Å². The second kappa shape index (κ2) is 9.11. The van der Waals surface area contributed by atoms with Gasteiger partial charge in [-0.25, -0.2) is 0 Å². The van der Waals surface area contributed by atoms with Crippen molar-refractivity contribution < 1.29 is 9.53 Å². The number of hydrogen-bond acceptors (Lipinski definition) is 4. The molecule has 1 amide bonds. The number of amides is 1. The molecule has 6 nitrogen and oxygen atoms in total. The number of benzene rings is 1. The fourth-order valence-corrected chi connectivity index (χ4v) is 3.93. The molecule has 1 N–H and O–H groups in total. The standard InChI is InChI=1S/C24H28N4O2/c1-17(2)30-20-9-7-19(8-10-20)24(29)26-15-16-28-22-6-4-3-5-21(22)23(27-28)18-11-13-25-14-12-18/h7-14,17H,3-6,15-16H2,1-2H3,(H,26,29). The maximum Gasteiger partial charge on any atom is 0.251 e. The smallest absolute Gasteiger partial charge is 0.251 e. The van der Waals surface area contributed by atoms with Gasteiger partial charge >= 0.3 is 0 Å². The third-order valence-corrected chi connectivity index (χ3v) is 5.31. The average Bonchev–Trinajstić information content (AvgIpc) is 3.13. The molecule has 156 valence electrons. The zero-order chi connectivity index (χ0) is 20.9. The molecule has 1 aromatic carbocycles. The van der Waals surface area contributed by atoms with Crippen molar-refractivity contribution in [2.45, 2.75) is 52.2 Å². The van der Waals surface area contributed by atoms with Gasteiger partial charge in [-0.2, -0.15) is 5.10 Å². The van der Waals surface area contributed by atoms with Crippen LogP contribution < -0.4 is 10.1 Å². The Morgan fingerprint density at radius 3 is 2.57 bits per heavy atom. The van der Waals surface area contributed by atoms with Gasteiger partial charge in [0.25, 0.3) is 5.91 Å². The number of fused-ring (bicyclic) bond motifs is 1. The van der Waals surface area contributed by atoms with Gasteiger partial charge < -0.3 is 10.1 Å². The number of hydrogen-bond donors (Lipinski definition) is 1. The Balaban J connectivity index is 1.41. The summed E-state index contributed by atoms with van der Waals surface area (Å²) in [5.74, 6) is 0.690. The first kappa shape index (κ1) is 20.1. The van der Waals surface area contributed by atoms with Crippen molar-refractivity contribution in [2.75, 3.05) is 6.54 Å². The van der Waals surface area contributed by atoms with Crippen molar-refractivity contribution in [2.24, 2.45) is 0 Å². The molecule has 0 fully saturated rings. The minimum atomic E-state index is -0.0820. The minimum Gasteiger partial charge on any atom is -0.491 e. The van der Waals surface area contributed by atoms with E-state index in [0.29, 0.717) is 18.7 Å². The molecule has 1 aliphatic rings. The van der Waals surface area contributed by atoms with Crippen LogP contribution in [0.1, 0.15) is 48.3 Å². The fourth-order valence-electron chi connectivity index (χ4n) is 3.93. The van der Waals surface area contributed by atoms with Gasteiger partial charge in [-0.05, 0) is 75.9 Å². The van der Waals surface area contributed by atoms with Crippen molar-refractivity contribution in [3.8, 4) is 17.0 Å². The third-order valence-electron chi connectivity index (χ3n) is 5.31. The molecule has 0 radical (unpaired) electrons. The van der Waals surface area contributed by atoms with Crippen LogP contribution in [-0.2, 0) is 19.4 Å². The van der Waals surface area contributed by atoms with Gasteiger partial charge in [-0.3, -0.25) is 14.5 Å². The van der Waals surface area contributed by atoms with Crippen LogP contribution in [-0.4, -0.2) is 33.3 Å². The number of nitrogens with one attached hydrogen (secondary N) is 1. The molecular formula is C24H28N4O2. The summed E-state index contributed by atoms with van der Waals surface area (Å²) in [6.07, 6.45) is 8.21. The second-order valence-corrected chi connectivity index (χ2v) is 7.89. The zero-order valence-electron chi connectivity index (χ0n) is 17.6. The number of ether oxygens (including phenoxy) is 1. The Kier molecular flexibility index (Phi) is 6.12. The quantitative estimate of drug-likeness (QED) is 0.645. The Hall–Kier alpha value is -3.15. The van der Waals surface area contributed by atoms with Crippen molar-refractivity contribution in [3.05, 3.63) is 65.6 Å². The molecule has 0 spiro atoms. The van der Waals surface area contributed by atoms with Gasteiger partial charge in [0, 0.05) is 41.3 Å². The highest BCUT2D eigenvalue weighted by Gasteiger charge is 2.21. The lowest BCUT2D eigenvalue weighted by atomic mass is 9.94. The molecule has 3 aromatic rings. The van der Waals surface area contributed by atoms with Crippen LogP contribution in [0.3, 0.4) is 0 Å². The van der Waals surface area contributed by atoms with Crippen molar-refractivity contribution in [3.63, 3.8) is 0 Å². The highest BCUT2D eigenvalue weighted by atomic mass is 16.5. The van der Waals surface area contributed by atoms with Gasteiger partial charge in [0.1, 0.15) is 5.75 Å². The number of carbonyl (C=O) groups excluding carboxylic acids is 1. The Labute approximate surface area is 177 Å². The van der Waals surface area contributed by atoms with Crippen LogP contribution >= 0.6 is 0 Å². The maximum absolute atomic E-state index is 12.5. The highest BCUT2D eigenvalue weighted by Crippen LogP contribution is 2.30. The summed E-state index contributed by atoms with van der Waals surface area (Å²) in [7, 11) is 0. The zero-order valence-corrected chi connectivity index (χ0v) is 17.6. The molecular weight excluding hydrogens is 376 g/mol. The molecule has 2 aromatic heterocycles. The second-order valence-electron chi connectivity index (χ2n) is 7.89. The van der Waals surface area contributed by atoms with E-state index in [0.717, 1.165) is 29.8 Å². The lowest BCUT2D eigenvalue weighted by Gasteiger charge is -2.14. The SMILES string of the molecule is CC(C)Oc1ccc(C(=O)NCCn2nc(-c3ccncc3)c3c2CCCC3)cc1. The summed E-state index contributed by atoms with van der Waals surface area (Å²) in [5, 5.41) is 7.90. The van der Waals surface area contributed by atoms with E-state index in [1.54, 1.807) is 24.5 Å². The molecule has 0 saturated heterocycles. The Bertz CT molecular complexity index is 994. The first-order valence-electron chi connectivity index (χ1n) is 10.7. The van der Waals surface area contributed by atoms with Crippen LogP contribution in [0, 0.1) is 0 Å². The fraction of sp³-hybridized carbons (Fsp3) is 0.375. The highest BCUT2D eigenvalue weighted by molar-refractivity contribution is 5.94. The van der Waals surface area contributed by atoms with E-state index in [1.165, 1.54) is 24.1 Å². The van der Waals surface area contributed by atoms with Gasteiger partial charge in [-0.15, -0.1) is 0 Å². The van der Waals surface area contributed by atoms with Gasteiger partial charge in [0.15, 0.2) is 0 Å². The lowest BCUT2D eigenvalue weighted by Crippen LogP contribution is -2.28. The summed E-state index contributed by atoms with van der Waals surface area (Å²) < 4.78 is 7.71. The van der Waals surface area contributed by atoms with Crippen LogP contribution in [0.2, 0.25) is 0 Å². The monoisotopic (exact) mass is 404 g/mol. The topological polar surface area (TPSA) is 69.0 Å². The molecule has 0 saturated carbocycles. The third kappa shape index (κ3) is 4.53. The van der Waals surface area contributed by atoms with Crippen molar-refractivity contribution in [1.29, 1.82) is 0 Å². The number of nitrogens with zero attached hydrogens (tertiary/aromatic N) is 3. The molecule has 6 heteroatoms. The van der Waals surface area contributed by atoms with Gasteiger partial charge in [-0.1, -0.05) is 0 Å². The molecule has 2 heterocycles. The van der Waals surface area contributed by atoms with E-state index in [9.17, 15) is 4.79 Å². The predicted molar refractivity (Wildman–Crippen MR) is 117 cm³/mol. The molecule has 1 aliphatic carbocycles. The molecule has 30 heavy (non-hydrogen) atoms. The number of rotatable bonds is 7. The summed E-state index contributed by atoms with van der Waals surface area (Å²) in [6, 6.07) is 11.3. The summed E-state index contributed by atoms with van der Waals surface area (Å²) in [4.78, 5) is 16.6. The van der Waals surface area contributed by atoms with Crippen LogP contribution in [0.4, 0.5) is 0 Å². The van der Waals surface area contributed by atoms with E-state index < -0.39 is 0 Å². The predicted octanol–water partition coefficient (Wildman–Crippen LogP) is 4.04. The van der Waals surface area contributed by atoms with Crippen LogP contribution in [0.15, 0.2) is 48.8 Å². The molecule has 0 aliphatic heterocycles. The first-order valence-corrected chi connectivity index (χ1v) is 10.7. The van der Waals surface area contributed by atoms with Crippen LogP contribution in [0.25, 0.3) is 11.3 Å². The lowest BCUT2D eigenvalue weighted by molar-refractivity contribution is 0.0951. The van der Waals surface area contributed by atoms with E-state index in [4.69, 9.17) is 9.84 Å². The van der Waals surface area contributed by atoms with Crippen LogP contribution in [0.5, 0.6) is 5.75 Å². The van der Waals surface area contributed by atoms with E-state index in [2.05, 4.69) is 15.0 Å². The van der Waals surface area contributed by atoms with Gasteiger partial charge in [0.2, 0.25) is 0 Å².